The van der Waals surface area contributed by atoms with Crippen LogP contribution in [0.4, 0.5) is 0 Å². The number of Topliss-reactive ketones (excluding diaryl/α,β-unsaturated/α-hetero) is 1. The first-order chi connectivity index (χ1) is 17.6. The minimum absolute atomic E-state index is 0.116. The average molecular weight is 537 g/mol. The van der Waals surface area contributed by atoms with E-state index in [-0.39, 0.29) is 31.1 Å². The maximum atomic E-state index is 13.9. The second-order valence-corrected chi connectivity index (χ2v) is 11.7. The summed E-state index contributed by atoms with van der Waals surface area (Å²) in [6.07, 6.45) is 4.68. The summed E-state index contributed by atoms with van der Waals surface area (Å²) < 4.78 is 15.2. The van der Waals surface area contributed by atoms with Crippen molar-refractivity contribution in [2.24, 2.45) is 35.0 Å². The van der Waals surface area contributed by atoms with Crippen LogP contribution in [0.1, 0.15) is 67.2 Å². The first-order valence-corrected chi connectivity index (χ1v) is 13.2. The minimum atomic E-state index is -1.91. The van der Waals surface area contributed by atoms with Crippen molar-refractivity contribution in [3.8, 4) is 0 Å². The summed E-state index contributed by atoms with van der Waals surface area (Å²) in [5.41, 5.74) is -3.75. The quantitative estimate of drug-likeness (QED) is 0.245. The molecule has 9 nitrogen and oxygen atoms in total. The van der Waals surface area contributed by atoms with Crippen molar-refractivity contribution in [2.75, 3.05) is 20.8 Å². The molecule has 2 rings (SSSR count). The van der Waals surface area contributed by atoms with Gasteiger partial charge in [-0.2, -0.15) is 0 Å². The SMILES string of the molecule is CC[C@@H](COC(=O)C/C(C)=C/C(=O)OC)[C@@H]1[C@](C)(C(=O)/C=C/OC)[C@H]2[C@H](C)C[C@@](C)(O)C[C@@H]2C(=O)[C@@]1(C)O. The largest absolute Gasteiger partial charge is 0.504 e. The lowest BCUT2D eigenvalue weighted by Crippen LogP contribution is -2.69. The number of esters is 2. The molecule has 0 aliphatic heterocycles. The number of allylic oxidation sites excluding steroid dienone is 1. The number of carbonyl (C=O) groups is 4. The molecule has 0 aromatic carbocycles. The number of aliphatic hydroxyl groups is 2. The molecule has 38 heavy (non-hydrogen) atoms. The standard InChI is InChI=1S/C29H44O9/c1-9-19(16-38-23(32)13-17(2)12-22(31)37-8)25-28(5,21(30)10-11-36-7)24-18(3)14-27(4,34)15-20(24)26(33)29(25,6)35/h10-12,18-20,24-25,34-35H,9,13-16H2,1-8H3/b11-10+,17-12+/t18-,19+,20+,24+,25-,27-,28-,29+/m1/s1. The predicted octanol–water partition coefficient (Wildman–Crippen LogP) is 3.16. The van der Waals surface area contributed by atoms with E-state index in [2.05, 4.69) is 4.74 Å². The van der Waals surface area contributed by atoms with Crippen LogP contribution in [0.15, 0.2) is 24.0 Å². The summed E-state index contributed by atoms with van der Waals surface area (Å²) in [6.45, 7) is 10.2. The summed E-state index contributed by atoms with van der Waals surface area (Å²) in [6, 6.07) is 0. The molecule has 0 saturated heterocycles. The lowest BCUT2D eigenvalue weighted by atomic mass is 9.42. The highest BCUT2D eigenvalue weighted by Gasteiger charge is 2.68. The Balaban J connectivity index is 2.50. The summed E-state index contributed by atoms with van der Waals surface area (Å²) in [5.74, 6) is -4.58. The molecule has 8 atom stereocenters. The van der Waals surface area contributed by atoms with Gasteiger partial charge in [-0.05, 0) is 57.8 Å². The zero-order chi connectivity index (χ0) is 29.1. The van der Waals surface area contributed by atoms with E-state index in [9.17, 15) is 29.4 Å². The molecule has 0 aromatic rings. The molecule has 9 heteroatoms. The highest BCUT2D eigenvalue weighted by atomic mass is 16.5. The van der Waals surface area contributed by atoms with Gasteiger partial charge in [0.1, 0.15) is 5.60 Å². The third-order valence-electron chi connectivity index (χ3n) is 8.58. The second-order valence-electron chi connectivity index (χ2n) is 11.7. The van der Waals surface area contributed by atoms with Gasteiger partial charge in [0.05, 0.1) is 39.1 Å². The molecule has 2 fully saturated rings. The number of rotatable bonds is 10. The Hall–Kier alpha value is -2.52. The van der Waals surface area contributed by atoms with E-state index in [1.54, 1.807) is 20.8 Å². The van der Waals surface area contributed by atoms with Crippen LogP contribution in [-0.2, 0) is 33.4 Å². The Morgan fingerprint density at radius 1 is 1.13 bits per heavy atom. The lowest BCUT2D eigenvalue weighted by molar-refractivity contribution is -0.206. The van der Waals surface area contributed by atoms with Gasteiger partial charge >= 0.3 is 11.9 Å². The van der Waals surface area contributed by atoms with Crippen LogP contribution < -0.4 is 0 Å². The molecule has 0 aromatic heterocycles. The Bertz CT molecular complexity index is 977. The lowest BCUT2D eigenvalue weighted by Gasteiger charge is -2.61. The Kier molecular flexibility index (Phi) is 10.1. The van der Waals surface area contributed by atoms with Crippen LogP contribution >= 0.6 is 0 Å². The number of carbonyl (C=O) groups excluding carboxylic acids is 4. The molecule has 0 spiro atoms. The summed E-state index contributed by atoms with van der Waals surface area (Å²) in [7, 11) is 2.67. The number of methoxy groups -OCH3 is 2. The van der Waals surface area contributed by atoms with Crippen molar-refractivity contribution in [1.29, 1.82) is 0 Å². The van der Waals surface area contributed by atoms with Crippen LogP contribution in [0.2, 0.25) is 0 Å². The van der Waals surface area contributed by atoms with E-state index in [0.29, 0.717) is 18.4 Å². The van der Waals surface area contributed by atoms with Gasteiger partial charge in [0, 0.05) is 29.4 Å². The van der Waals surface area contributed by atoms with Crippen molar-refractivity contribution < 1.29 is 43.6 Å². The van der Waals surface area contributed by atoms with Crippen LogP contribution in [0.25, 0.3) is 0 Å². The molecule has 0 amide bonds. The molecule has 0 unspecified atom stereocenters. The summed E-state index contributed by atoms with van der Waals surface area (Å²) in [5, 5.41) is 22.7. The van der Waals surface area contributed by atoms with Crippen LogP contribution in [0.3, 0.4) is 0 Å². The molecule has 0 heterocycles. The number of ether oxygens (including phenoxy) is 3. The van der Waals surface area contributed by atoms with Gasteiger partial charge in [0.25, 0.3) is 0 Å². The van der Waals surface area contributed by atoms with Crippen molar-refractivity contribution in [2.45, 2.75) is 78.4 Å². The molecule has 0 radical (unpaired) electrons. The normalized spacial score (nSPS) is 36.4. The monoisotopic (exact) mass is 536 g/mol. The molecular formula is C29H44O9. The maximum absolute atomic E-state index is 13.9. The predicted molar refractivity (Wildman–Crippen MR) is 140 cm³/mol. The molecule has 2 aliphatic carbocycles. The fourth-order valence-electron chi connectivity index (χ4n) is 7.30. The van der Waals surface area contributed by atoms with Crippen LogP contribution in [0, 0.1) is 35.0 Å². The van der Waals surface area contributed by atoms with Gasteiger partial charge in [0.2, 0.25) is 0 Å². The third-order valence-corrected chi connectivity index (χ3v) is 8.58. The molecule has 2 N–H and O–H groups in total. The van der Waals surface area contributed by atoms with Gasteiger partial charge in [-0.15, -0.1) is 0 Å². The Morgan fingerprint density at radius 2 is 1.76 bits per heavy atom. The molecule has 2 aliphatic rings. The number of hydrogen-bond acceptors (Lipinski definition) is 9. The average Bonchev–Trinajstić information content (AvgIpc) is 2.81. The number of hydrogen-bond donors (Lipinski definition) is 2. The van der Waals surface area contributed by atoms with Gasteiger partial charge in [-0.1, -0.05) is 26.3 Å². The first kappa shape index (κ1) is 31.7. The topological polar surface area (TPSA) is 136 Å². The van der Waals surface area contributed by atoms with Gasteiger partial charge in [0.15, 0.2) is 11.6 Å². The Morgan fingerprint density at radius 3 is 2.32 bits per heavy atom. The smallest absolute Gasteiger partial charge is 0.330 e. The van der Waals surface area contributed by atoms with Crippen LogP contribution in [-0.4, -0.2) is 65.7 Å². The fourth-order valence-corrected chi connectivity index (χ4v) is 7.30. The van der Waals surface area contributed by atoms with Crippen molar-refractivity contribution in [1.82, 2.24) is 0 Å². The minimum Gasteiger partial charge on any atom is -0.504 e. The van der Waals surface area contributed by atoms with Crippen molar-refractivity contribution in [3.05, 3.63) is 24.0 Å². The highest BCUT2D eigenvalue weighted by Crippen LogP contribution is 2.61. The first-order valence-electron chi connectivity index (χ1n) is 13.2. The summed E-state index contributed by atoms with van der Waals surface area (Å²) >= 11 is 0. The van der Waals surface area contributed by atoms with Gasteiger partial charge < -0.3 is 24.4 Å². The van der Waals surface area contributed by atoms with Crippen molar-refractivity contribution >= 4 is 23.5 Å². The third kappa shape index (κ3) is 6.37. The zero-order valence-corrected chi connectivity index (χ0v) is 23.9. The maximum Gasteiger partial charge on any atom is 0.330 e. The van der Waals surface area contributed by atoms with E-state index in [0.717, 1.165) is 0 Å². The van der Waals surface area contributed by atoms with E-state index in [1.165, 1.54) is 39.6 Å². The Labute approximate surface area is 225 Å². The van der Waals surface area contributed by atoms with E-state index >= 15 is 0 Å². The van der Waals surface area contributed by atoms with Crippen molar-refractivity contribution in [3.63, 3.8) is 0 Å². The van der Waals surface area contributed by atoms with Gasteiger partial charge in [-0.3, -0.25) is 14.4 Å². The second kappa shape index (κ2) is 12.1. The number of fused-ring (bicyclic) bond motifs is 1. The molecular weight excluding hydrogens is 492 g/mol. The highest BCUT2D eigenvalue weighted by molar-refractivity contribution is 6.00. The fraction of sp³-hybridized carbons (Fsp3) is 0.724. The van der Waals surface area contributed by atoms with E-state index in [4.69, 9.17) is 9.47 Å². The molecule has 2 saturated carbocycles. The zero-order valence-electron chi connectivity index (χ0n) is 23.9. The van der Waals surface area contributed by atoms with Gasteiger partial charge in [-0.25, -0.2) is 4.79 Å². The summed E-state index contributed by atoms with van der Waals surface area (Å²) in [4.78, 5) is 51.7. The van der Waals surface area contributed by atoms with E-state index in [1.807, 2.05) is 13.8 Å². The number of ketones is 2. The molecule has 0 bridgehead atoms. The van der Waals surface area contributed by atoms with Crippen LogP contribution in [0.5, 0.6) is 0 Å². The van der Waals surface area contributed by atoms with E-state index < -0.39 is 58.0 Å². The molecule has 214 valence electrons.